The van der Waals surface area contributed by atoms with Crippen LogP contribution in [-0.4, -0.2) is 24.1 Å². The smallest absolute Gasteiger partial charge is 0.150 e. The molecule has 3 heterocycles. The predicted molar refractivity (Wildman–Crippen MR) is 59.9 cm³/mol. The molecule has 3 heteroatoms. The van der Waals surface area contributed by atoms with Crippen LogP contribution in [0.1, 0.15) is 19.5 Å². The topological polar surface area (TPSA) is 28.2 Å². The second-order valence-electron chi connectivity index (χ2n) is 3.90. The highest BCUT2D eigenvalue weighted by atomic mass is 15.3. The van der Waals surface area contributed by atoms with E-state index >= 15 is 0 Å². The number of anilines is 2. The number of aromatic nitrogens is 1. The molecule has 3 rings (SSSR count). The van der Waals surface area contributed by atoms with Gasteiger partial charge < -0.3 is 10.2 Å². The molecule has 1 N–H and O–H groups in total. The molecular formula is C11H17N3. The summed E-state index contributed by atoms with van der Waals surface area (Å²) < 4.78 is 0. The molecule has 14 heavy (non-hydrogen) atoms. The summed E-state index contributed by atoms with van der Waals surface area (Å²) in [5, 5.41) is 3.48. The van der Waals surface area contributed by atoms with Crippen LogP contribution in [0.2, 0.25) is 0 Å². The number of nitrogens with one attached hydrogen (secondary N) is 1. The van der Waals surface area contributed by atoms with Crippen LogP contribution < -0.4 is 10.2 Å². The summed E-state index contributed by atoms with van der Waals surface area (Å²) in [6.07, 6.45) is 1.25. The first-order chi connectivity index (χ1) is 6.33. The zero-order valence-electron chi connectivity index (χ0n) is 7.75. The lowest BCUT2D eigenvalue weighted by molar-refractivity contribution is 0.786. The fraction of sp³-hybridized carbons (Fsp3) is 0.545. The maximum atomic E-state index is 4.50. The first kappa shape index (κ1) is 9.31. The van der Waals surface area contributed by atoms with Crippen molar-refractivity contribution in [1.82, 2.24) is 4.98 Å². The molecule has 1 aromatic heterocycles. The Morgan fingerprint density at radius 3 is 3.21 bits per heavy atom. The van der Waals surface area contributed by atoms with Crippen molar-refractivity contribution in [3.05, 3.63) is 17.8 Å². The van der Waals surface area contributed by atoms with Crippen LogP contribution >= 0.6 is 0 Å². The molecular weight excluding hydrogens is 174 g/mol. The highest BCUT2D eigenvalue weighted by Gasteiger charge is 2.30. The Kier molecular flexibility index (Phi) is 2.10. The van der Waals surface area contributed by atoms with E-state index in [2.05, 4.69) is 27.3 Å². The molecule has 1 fully saturated rings. The molecule has 0 saturated carbocycles. The monoisotopic (exact) mass is 191 g/mol. The summed E-state index contributed by atoms with van der Waals surface area (Å²) in [6.45, 7) is 4.36. The number of pyridine rings is 1. The Labute approximate surface area is 85.1 Å². The van der Waals surface area contributed by atoms with Crippen LogP contribution in [0, 0.1) is 6.92 Å². The van der Waals surface area contributed by atoms with Gasteiger partial charge >= 0.3 is 0 Å². The molecule has 2 bridgehead atoms. The first-order valence-corrected chi connectivity index (χ1v) is 4.82. The molecule has 0 spiro atoms. The van der Waals surface area contributed by atoms with Gasteiger partial charge in [-0.15, -0.1) is 0 Å². The lowest BCUT2D eigenvalue weighted by Gasteiger charge is -2.27. The van der Waals surface area contributed by atoms with Gasteiger partial charge in [0.15, 0.2) is 0 Å². The molecule has 76 valence electrons. The van der Waals surface area contributed by atoms with Gasteiger partial charge in [0.1, 0.15) is 5.82 Å². The van der Waals surface area contributed by atoms with E-state index in [0.717, 1.165) is 18.1 Å². The van der Waals surface area contributed by atoms with Gasteiger partial charge in [-0.05, 0) is 25.5 Å². The lowest BCUT2D eigenvalue weighted by Crippen LogP contribution is -2.32. The third-order valence-corrected chi connectivity index (χ3v) is 2.88. The highest BCUT2D eigenvalue weighted by Crippen LogP contribution is 2.33. The quantitative estimate of drug-likeness (QED) is 0.680. The molecule has 0 aliphatic carbocycles. The van der Waals surface area contributed by atoms with Gasteiger partial charge in [0.25, 0.3) is 0 Å². The number of nitrogens with zero attached hydrogens (tertiary/aromatic N) is 2. The fourth-order valence-electron chi connectivity index (χ4n) is 2.20. The van der Waals surface area contributed by atoms with Gasteiger partial charge in [-0.25, -0.2) is 4.98 Å². The zero-order chi connectivity index (χ0) is 8.84. The van der Waals surface area contributed by atoms with Crippen LogP contribution in [0.25, 0.3) is 0 Å². The first-order valence-electron chi connectivity index (χ1n) is 4.82. The van der Waals surface area contributed by atoms with E-state index in [1.807, 2.05) is 6.92 Å². The standard InChI is InChI=1S/C10H13N3.CH4/c1-7-2-3-9-10(11-7)12-8-4-5-13(9)6-8;/h2-3,8H,4-6H2,1H3,(H,11,12);1H4. The van der Waals surface area contributed by atoms with Crippen LogP contribution in [0.5, 0.6) is 0 Å². The Hall–Kier alpha value is -1.25. The number of fused-ring (bicyclic) bond motifs is 4. The van der Waals surface area contributed by atoms with Crippen molar-refractivity contribution in [3.8, 4) is 0 Å². The number of rotatable bonds is 0. The molecule has 2 aliphatic rings. The van der Waals surface area contributed by atoms with E-state index < -0.39 is 0 Å². The molecule has 2 aliphatic heterocycles. The summed E-state index contributed by atoms with van der Waals surface area (Å²) in [4.78, 5) is 6.92. The minimum Gasteiger partial charge on any atom is -0.366 e. The molecule has 1 atom stereocenters. The molecule has 1 saturated heterocycles. The van der Waals surface area contributed by atoms with E-state index in [4.69, 9.17) is 0 Å². The molecule has 1 unspecified atom stereocenters. The van der Waals surface area contributed by atoms with Crippen LogP contribution in [0.15, 0.2) is 12.1 Å². The van der Waals surface area contributed by atoms with Gasteiger partial charge in [-0.3, -0.25) is 0 Å². The van der Waals surface area contributed by atoms with Crippen molar-refractivity contribution < 1.29 is 0 Å². The minimum absolute atomic E-state index is 0. The van der Waals surface area contributed by atoms with Gasteiger partial charge in [-0.1, -0.05) is 7.43 Å². The van der Waals surface area contributed by atoms with Crippen LogP contribution in [-0.2, 0) is 0 Å². The van der Waals surface area contributed by atoms with Gasteiger partial charge in [0.05, 0.1) is 5.69 Å². The van der Waals surface area contributed by atoms with Crippen molar-refractivity contribution >= 4 is 11.5 Å². The number of hydrogen-bond acceptors (Lipinski definition) is 3. The third-order valence-electron chi connectivity index (χ3n) is 2.88. The normalized spacial score (nSPS) is 22.4. The average Bonchev–Trinajstić information content (AvgIpc) is 2.48. The average molecular weight is 191 g/mol. The van der Waals surface area contributed by atoms with E-state index in [-0.39, 0.29) is 7.43 Å². The SMILES string of the molecule is C.Cc1ccc2c(n1)NC1CCN2C1. The van der Waals surface area contributed by atoms with E-state index in [1.54, 1.807) is 0 Å². The molecule has 3 nitrogen and oxygen atoms in total. The Bertz CT molecular complexity index is 348. The van der Waals surface area contributed by atoms with Crippen LogP contribution in [0.4, 0.5) is 11.5 Å². The maximum absolute atomic E-state index is 4.50. The third kappa shape index (κ3) is 1.24. The molecule has 0 amide bonds. The van der Waals surface area contributed by atoms with Gasteiger partial charge in [-0.2, -0.15) is 0 Å². The summed E-state index contributed by atoms with van der Waals surface area (Å²) in [5.41, 5.74) is 2.37. The number of aryl methyl sites for hydroxylation is 1. The minimum atomic E-state index is 0. The van der Waals surface area contributed by atoms with Gasteiger partial charge in [0.2, 0.25) is 0 Å². The van der Waals surface area contributed by atoms with Crippen molar-refractivity contribution in [2.24, 2.45) is 0 Å². The zero-order valence-corrected chi connectivity index (χ0v) is 7.75. The second kappa shape index (κ2) is 3.15. The van der Waals surface area contributed by atoms with E-state index in [0.29, 0.717) is 6.04 Å². The Morgan fingerprint density at radius 2 is 2.36 bits per heavy atom. The van der Waals surface area contributed by atoms with Gasteiger partial charge in [0, 0.05) is 24.8 Å². The van der Waals surface area contributed by atoms with Crippen LogP contribution in [0.3, 0.4) is 0 Å². The molecule has 0 radical (unpaired) electrons. The Morgan fingerprint density at radius 1 is 1.50 bits per heavy atom. The maximum Gasteiger partial charge on any atom is 0.150 e. The predicted octanol–water partition coefficient (Wildman–Crippen LogP) is 2.03. The fourth-order valence-corrected chi connectivity index (χ4v) is 2.20. The summed E-state index contributed by atoms with van der Waals surface area (Å²) in [7, 11) is 0. The van der Waals surface area contributed by atoms with Crippen molar-refractivity contribution in [2.45, 2.75) is 26.8 Å². The number of hydrogen-bond donors (Lipinski definition) is 1. The lowest BCUT2D eigenvalue weighted by atomic mass is 10.2. The highest BCUT2D eigenvalue weighted by molar-refractivity contribution is 5.70. The van der Waals surface area contributed by atoms with Crippen molar-refractivity contribution in [1.29, 1.82) is 0 Å². The van der Waals surface area contributed by atoms with Crippen molar-refractivity contribution in [2.75, 3.05) is 23.3 Å². The Balaban J connectivity index is 0.000000750. The summed E-state index contributed by atoms with van der Waals surface area (Å²) in [5.74, 6) is 1.08. The molecule has 0 aromatic carbocycles. The summed E-state index contributed by atoms with van der Waals surface area (Å²) >= 11 is 0. The van der Waals surface area contributed by atoms with E-state index in [9.17, 15) is 0 Å². The summed E-state index contributed by atoms with van der Waals surface area (Å²) in [6, 6.07) is 4.88. The molecule has 1 aromatic rings. The van der Waals surface area contributed by atoms with E-state index in [1.165, 1.54) is 18.7 Å². The largest absolute Gasteiger partial charge is 0.366 e. The van der Waals surface area contributed by atoms with Crippen molar-refractivity contribution in [3.63, 3.8) is 0 Å². The second-order valence-corrected chi connectivity index (χ2v) is 3.90.